The standard InChI is InChI=1S/C22H27N3O2S/c1-15(2)12-20(26)23-17-7-5-6-16(13-17)22-25(21(27)14-28-22)19-10-8-18(9-11-19)24(3)4/h5-11,13,15,22H,12,14H2,1-4H3,(H,23,26)/t22-/m1/s1. The first-order chi connectivity index (χ1) is 13.3. The summed E-state index contributed by atoms with van der Waals surface area (Å²) in [5.41, 5.74) is 3.76. The minimum Gasteiger partial charge on any atom is -0.378 e. The molecule has 1 heterocycles. The highest BCUT2D eigenvalue weighted by Gasteiger charge is 2.34. The molecule has 6 heteroatoms. The third kappa shape index (κ3) is 4.68. The monoisotopic (exact) mass is 397 g/mol. The van der Waals surface area contributed by atoms with Gasteiger partial charge in [-0.25, -0.2) is 0 Å². The van der Waals surface area contributed by atoms with E-state index in [1.165, 1.54) is 0 Å². The molecule has 5 nitrogen and oxygen atoms in total. The van der Waals surface area contributed by atoms with E-state index in [1.54, 1.807) is 11.8 Å². The van der Waals surface area contributed by atoms with Crippen molar-refractivity contribution in [1.82, 2.24) is 0 Å². The van der Waals surface area contributed by atoms with E-state index in [1.807, 2.05) is 86.3 Å². The fraction of sp³-hybridized carbons (Fsp3) is 0.364. The van der Waals surface area contributed by atoms with E-state index in [0.717, 1.165) is 22.6 Å². The zero-order valence-corrected chi connectivity index (χ0v) is 17.6. The van der Waals surface area contributed by atoms with Crippen LogP contribution >= 0.6 is 11.8 Å². The zero-order chi connectivity index (χ0) is 20.3. The maximum atomic E-state index is 12.6. The molecule has 2 aromatic carbocycles. The van der Waals surface area contributed by atoms with E-state index < -0.39 is 0 Å². The molecular formula is C22H27N3O2S. The van der Waals surface area contributed by atoms with Crippen molar-refractivity contribution in [2.24, 2.45) is 5.92 Å². The molecule has 2 amide bonds. The van der Waals surface area contributed by atoms with Gasteiger partial charge in [-0.3, -0.25) is 14.5 Å². The van der Waals surface area contributed by atoms with Crippen LogP contribution in [-0.2, 0) is 9.59 Å². The van der Waals surface area contributed by atoms with Crippen molar-refractivity contribution in [2.45, 2.75) is 25.6 Å². The normalized spacial score (nSPS) is 16.5. The third-order valence-corrected chi connectivity index (χ3v) is 5.77. The molecule has 1 atom stereocenters. The summed E-state index contributed by atoms with van der Waals surface area (Å²) in [7, 11) is 3.99. The molecule has 1 saturated heterocycles. The fourth-order valence-electron chi connectivity index (χ4n) is 3.21. The van der Waals surface area contributed by atoms with E-state index in [4.69, 9.17) is 0 Å². The number of hydrogen-bond acceptors (Lipinski definition) is 4. The number of hydrogen-bond donors (Lipinski definition) is 1. The number of carbonyl (C=O) groups excluding carboxylic acids is 2. The van der Waals surface area contributed by atoms with Gasteiger partial charge in [0.05, 0.1) is 5.75 Å². The molecule has 0 bridgehead atoms. The maximum absolute atomic E-state index is 12.6. The highest BCUT2D eigenvalue weighted by Crippen LogP contribution is 2.42. The first-order valence-corrected chi connectivity index (χ1v) is 10.5. The summed E-state index contributed by atoms with van der Waals surface area (Å²) in [6.45, 7) is 4.05. The van der Waals surface area contributed by atoms with Gasteiger partial charge in [-0.05, 0) is 47.9 Å². The number of thioether (sulfide) groups is 1. The van der Waals surface area contributed by atoms with Gasteiger partial charge in [-0.2, -0.15) is 0 Å². The first kappa shape index (κ1) is 20.3. The highest BCUT2D eigenvalue weighted by atomic mass is 32.2. The quantitative estimate of drug-likeness (QED) is 0.779. The average molecular weight is 398 g/mol. The predicted molar refractivity (Wildman–Crippen MR) is 118 cm³/mol. The first-order valence-electron chi connectivity index (χ1n) is 9.46. The van der Waals surface area contributed by atoms with Crippen molar-refractivity contribution in [3.8, 4) is 0 Å². The van der Waals surface area contributed by atoms with Crippen molar-refractivity contribution in [2.75, 3.05) is 35.0 Å². The molecule has 1 aliphatic rings. The van der Waals surface area contributed by atoms with Gasteiger partial charge >= 0.3 is 0 Å². The average Bonchev–Trinajstić information content (AvgIpc) is 3.02. The molecule has 1 fully saturated rings. The maximum Gasteiger partial charge on any atom is 0.238 e. The third-order valence-electron chi connectivity index (χ3n) is 4.56. The van der Waals surface area contributed by atoms with Crippen molar-refractivity contribution >= 4 is 40.6 Å². The topological polar surface area (TPSA) is 52.7 Å². The summed E-state index contributed by atoms with van der Waals surface area (Å²) in [5.74, 6) is 0.872. The number of nitrogens with one attached hydrogen (secondary N) is 1. The van der Waals surface area contributed by atoms with Crippen molar-refractivity contribution in [1.29, 1.82) is 0 Å². The van der Waals surface area contributed by atoms with E-state index in [-0.39, 0.29) is 17.2 Å². The Morgan fingerprint density at radius 1 is 1.21 bits per heavy atom. The number of rotatable bonds is 6. The molecule has 1 N–H and O–H groups in total. The van der Waals surface area contributed by atoms with Gasteiger partial charge in [0.2, 0.25) is 11.8 Å². The van der Waals surface area contributed by atoms with Crippen LogP contribution in [0.5, 0.6) is 0 Å². The van der Waals surface area contributed by atoms with Gasteiger partial charge in [-0.15, -0.1) is 11.8 Å². The smallest absolute Gasteiger partial charge is 0.238 e. The number of carbonyl (C=O) groups is 2. The minimum atomic E-state index is -0.0975. The van der Waals surface area contributed by atoms with E-state index in [9.17, 15) is 9.59 Å². The van der Waals surface area contributed by atoms with Crippen molar-refractivity contribution in [3.05, 3.63) is 54.1 Å². The largest absolute Gasteiger partial charge is 0.378 e. The molecule has 1 aliphatic heterocycles. The number of benzene rings is 2. The molecule has 0 radical (unpaired) electrons. The molecule has 0 unspecified atom stereocenters. The minimum absolute atomic E-state index is 0.0124. The summed E-state index contributed by atoms with van der Waals surface area (Å²) in [6, 6.07) is 15.8. The SMILES string of the molecule is CC(C)CC(=O)Nc1cccc([C@H]2SCC(=O)N2c2ccc(N(C)C)cc2)c1. The van der Waals surface area contributed by atoms with Crippen LogP contribution in [0.2, 0.25) is 0 Å². The molecule has 0 saturated carbocycles. The molecule has 3 rings (SSSR count). The van der Waals surface area contributed by atoms with E-state index in [0.29, 0.717) is 18.1 Å². The van der Waals surface area contributed by atoms with Crippen LogP contribution in [0.3, 0.4) is 0 Å². The molecule has 148 valence electrons. The summed E-state index contributed by atoms with van der Waals surface area (Å²) in [5, 5.41) is 2.87. The Balaban J connectivity index is 1.82. The van der Waals surface area contributed by atoms with Crippen LogP contribution in [0.1, 0.15) is 31.2 Å². The van der Waals surface area contributed by atoms with Gasteiger partial charge in [0.25, 0.3) is 0 Å². The molecule has 0 spiro atoms. The van der Waals surface area contributed by atoms with Crippen molar-refractivity contribution < 1.29 is 9.59 Å². The lowest BCUT2D eigenvalue weighted by atomic mass is 10.1. The summed E-state index contributed by atoms with van der Waals surface area (Å²) in [6.07, 6.45) is 0.491. The second-order valence-corrected chi connectivity index (χ2v) is 8.68. The molecule has 28 heavy (non-hydrogen) atoms. The Hall–Kier alpha value is -2.47. The van der Waals surface area contributed by atoms with Gasteiger partial charge in [0, 0.05) is 37.6 Å². The Morgan fingerprint density at radius 3 is 2.57 bits per heavy atom. The van der Waals surface area contributed by atoms with Gasteiger partial charge < -0.3 is 10.2 Å². The molecule has 0 aromatic heterocycles. The summed E-state index contributed by atoms with van der Waals surface area (Å²) < 4.78 is 0. The summed E-state index contributed by atoms with van der Waals surface area (Å²) >= 11 is 1.61. The van der Waals surface area contributed by atoms with Crippen LogP contribution in [0.15, 0.2) is 48.5 Å². The lowest BCUT2D eigenvalue weighted by Gasteiger charge is -2.25. The number of amides is 2. The van der Waals surface area contributed by atoms with Gasteiger partial charge in [0.15, 0.2) is 0 Å². The van der Waals surface area contributed by atoms with Crippen LogP contribution in [0.25, 0.3) is 0 Å². The van der Waals surface area contributed by atoms with E-state index >= 15 is 0 Å². The zero-order valence-electron chi connectivity index (χ0n) is 16.8. The van der Waals surface area contributed by atoms with Gasteiger partial charge in [0.1, 0.15) is 5.37 Å². The number of anilines is 3. The Morgan fingerprint density at radius 2 is 1.93 bits per heavy atom. The van der Waals surface area contributed by atoms with Crippen LogP contribution in [0, 0.1) is 5.92 Å². The Bertz CT molecular complexity index is 849. The Kier molecular flexibility index (Phi) is 6.29. The summed E-state index contributed by atoms with van der Waals surface area (Å²) in [4.78, 5) is 28.6. The van der Waals surface area contributed by atoms with E-state index in [2.05, 4.69) is 5.32 Å². The predicted octanol–water partition coefficient (Wildman–Crippen LogP) is 4.52. The second-order valence-electron chi connectivity index (χ2n) is 7.61. The lowest BCUT2D eigenvalue weighted by molar-refractivity contribution is -0.117. The number of nitrogens with zero attached hydrogens (tertiary/aromatic N) is 2. The fourth-order valence-corrected chi connectivity index (χ4v) is 4.38. The van der Waals surface area contributed by atoms with Gasteiger partial charge in [-0.1, -0.05) is 26.0 Å². The van der Waals surface area contributed by atoms with Crippen LogP contribution in [-0.4, -0.2) is 31.7 Å². The highest BCUT2D eigenvalue weighted by molar-refractivity contribution is 8.00. The Labute approximate surface area is 171 Å². The molecule has 2 aromatic rings. The van der Waals surface area contributed by atoms with Crippen LogP contribution in [0.4, 0.5) is 17.1 Å². The molecule has 0 aliphatic carbocycles. The van der Waals surface area contributed by atoms with Crippen molar-refractivity contribution in [3.63, 3.8) is 0 Å². The molecular weight excluding hydrogens is 370 g/mol. The second kappa shape index (κ2) is 8.69. The lowest BCUT2D eigenvalue weighted by Crippen LogP contribution is -2.27. The van der Waals surface area contributed by atoms with Crippen LogP contribution < -0.4 is 15.1 Å².